The molecule has 1 aliphatic heterocycles. The number of ether oxygens (including phenoxy) is 3. The lowest BCUT2D eigenvalue weighted by atomic mass is 9.92. The molecular formula is C21H29Cl2N3O4. The fraction of sp³-hybridized carbons (Fsp3) is 0.429. The molecule has 1 aliphatic rings. The molecule has 0 radical (unpaired) electrons. The molecule has 1 amide bonds. The fourth-order valence-electron chi connectivity index (χ4n) is 3.09. The highest BCUT2D eigenvalue weighted by atomic mass is 35.5. The van der Waals surface area contributed by atoms with Crippen molar-refractivity contribution in [2.24, 2.45) is 11.7 Å². The number of amides is 1. The summed E-state index contributed by atoms with van der Waals surface area (Å²) in [7, 11) is 0. The van der Waals surface area contributed by atoms with Crippen LogP contribution >= 0.6 is 24.8 Å². The second kappa shape index (κ2) is 13.3. The minimum absolute atomic E-state index is 0. The van der Waals surface area contributed by atoms with Gasteiger partial charge in [0.25, 0.3) is 0 Å². The zero-order chi connectivity index (χ0) is 19.8. The van der Waals surface area contributed by atoms with Crippen molar-refractivity contribution in [3.05, 3.63) is 48.2 Å². The van der Waals surface area contributed by atoms with E-state index < -0.39 is 6.04 Å². The summed E-state index contributed by atoms with van der Waals surface area (Å²) in [6.45, 7) is 4.19. The number of carbonyl (C=O) groups is 1. The molecule has 1 fully saturated rings. The summed E-state index contributed by atoms with van der Waals surface area (Å²) < 4.78 is 16.7. The van der Waals surface area contributed by atoms with Crippen LogP contribution in [0.1, 0.15) is 25.3 Å². The number of hydrogen-bond acceptors (Lipinski definition) is 6. The average Bonchev–Trinajstić information content (AvgIpc) is 2.74. The van der Waals surface area contributed by atoms with Crippen molar-refractivity contribution in [3.63, 3.8) is 0 Å². The molecular weight excluding hydrogens is 429 g/mol. The molecule has 1 aromatic heterocycles. The molecule has 0 bridgehead atoms. The molecule has 1 atom stereocenters. The van der Waals surface area contributed by atoms with Crippen molar-refractivity contribution in [3.8, 4) is 17.4 Å². The Hall–Kier alpha value is -2.06. The summed E-state index contributed by atoms with van der Waals surface area (Å²) in [6.07, 6.45) is 3.33. The van der Waals surface area contributed by atoms with Gasteiger partial charge in [0.05, 0.1) is 12.6 Å². The van der Waals surface area contributed by atoms with Crippen molar-refractivity contribution in [1.82, 2.24) is 10.3 Å². The Labute approximate surface area is 189 Å². The number of rotatable bonds is 8. The van der Waals surface area contributed by atoms with E-state index in [1.165, 1.54) is 0 Å². The molecule has 1 saturated heterocycles. The van der Waals surface area contributed by atoms with Crippen LogP contribution < -0.4 is 20.5 Å². The minimum Gasteiger partial charge on any atom is -0.490 e. The smallest absolute Gasteiger partial charge is 0.237 e. The third kappa shape index (κ3) is 7.32. The number of carbonyl (C=O) groups excluding carboxylic acids is 1. The van der Waals surface area contributed by atoms with Gasteiger partial charge in [-0.1, -0.05) is 18.2 Å². The van der Waals surface area contributed by atoms with Gasteiger partial charge in [-0.2, -0.15) is 0 Å². The largest absolute Gasteiger partial charge is 0.490 e. The number of halogens is 2. The number of para-hydroxylation sites is 2. The van der Waals surface area contributed by atoms with Crippen LogP contribution in [0.4, 0.5) is 0 Å². The van der Waals surface area contributed by atoms with E-state index in [0.29, 0.717) is 43.7 Å². The lowest BCUT2D eigenvalue weighted by Crippen LogP contribution is -2.46. The average molecular weight is 458 g/mol. The van der Waals surface area contributed by atoms with E-state index in [1.807, 2.05) is 37.3 Å². The third-order valence-corrected chi connectivity index (χ3v) is 4.70. The topological polar surface area (TPSA) is 95.7 Å². The Morgan fingerprint density at radius 1 is 1.20 bits per heavy atom. The molecule has 0 spiro atoms. The van der Waals surface area contributed by atoms with E-state index in [0.717, 1.165) is 18.4 Å². The first-order valence-electron chi connectivity index (χ1n) is 9.63. The van der Waals surface area contributed by atoms with Crippen molar-refractivity contribution in [2.45, 2.75) is 32.4 Å². The number of nitrogens with two attached hydrogens (primary N) is 1. The summed E-state index contributed by atoms with van der Waals surface area (Å²) in [6, 6.07) is 10.6. The zero-order valence-electron chi connectivity index (χ0n) is 16.9. The number of nitrogens with one attached hydrogen (secondary N) is 1. The fourth-order valence-corrected chi connectivity index (χ4v) is 3.09. The first-order chi connectivity index (χ1) is 13.7. The zero-order valence-corrected chi connectivity index (χ0v) is 18.5. The first kappa shape index (κ1) is 26.0. The highest BCUT2D eigenvalue weighted by Gasteiger charge is 2.26. The molecule has 3 rings (SSSR count). The van der Waals surface area contributed by atoms with Gasteiger partial charge in [0.15, 0.2) is 11.5 Å². The standard InChI is InChI=1S/C21H27N3O4.2ClH/c1-2-27-17-5-3-4-6-18(17)28-19-8-7-15(13-23-19)14-24-21(25)20(22)16-9-11-26-12-10-16;;/h3-8,13,16,20H,2,9-12,14,22H2,1H3,(H,24,25);2*1H. The third-order valence-electron chi connectivity index (χ3n) is 4.70. The quantitative estimate of drug-likeness (QED) is 0.629. The Kier molecular flexibility index (Phi) is 11.5. The molecule has 0 saturated carbocycles. The maximum absolute atomic E-state index is 12.3. The Balaban J connectivity index is 0.00000225. The van der Waals surface area contributed by atoms with E-state index in [-0.39, 0.29) is 36.6 Å². The molecule has 7 nitrogen and oxygen atoms in total. The molecule has 2 aromatic rings. The van der Waals surface area contributed by atoms with Crippen molar-refractivity contribution in [1.29, 1.82) is 0 Å². The van der Waals surface area contributed by atoms with Gasteiger partial charge >= 0.3 is 0 Å². The van der Waals surface area contributed by atoms with E-state index in [2.05, 4.69) is 10.3 Å². The van der Waals surface area contributed by atoms with E-state index in [4.69, 9.17) is 19.9 Å². The van der Waals surface area contributed by atoms with Crippen molar-refractivity contribution < 1.29 is 19.0 Å². The molecule has 30 heavy (non-hydrogen) atoms. The van der Waals surface area contributed by atoms with Crippen LogP contribution in [0.2, 0.25) is 0 Å². The second-order valence-electron chi connectivity index (χ2n) is 6.68. The highest BCUT2D eigenvalue weighted by Crippen LogP contribution is 2.30. The first-order valence-corrected chi connectivity index (χ1v) is 9.63. The SMILES string of the molecule is CCOc1ccccc1Oc1ccc(CNC(=O)C(N)C2CCOCC2)cn1.Cl.Cl. The van der Waals surface area contributed by atoms with Gasteiger partial charge < -0.3 is 25.3 Å². The van der Waals surface area contributed by atoms with Gasteiger partial charge in [-0.25, -0.2) is 4.98 Å². The summed E-state index contributed by atoms with van der Waals surface area (Å²) in [5.41, 5.74) is 6.96. The molecule has 0 aliphatic carbocycles. The van der Waals surface area contributed by atoms with Crippen molar-refractivity contribution in [2.75, 3.05) is 19.8 Å². The van der Waals surface area contributed by atoms with Crippen LogP contribution in [-0.2, 0) is 16.1 Å². The maximum atomic E-state index is 12.3. The minimum atomic E-state index is -0.505. The summed E-state index contributed by atoms with van der Waals surface area (Å²) in [5.74, 6) is 1.78. The monoisotopic (exact) mass is 457 g/mol. The van der Waals surface area contributed by atoms with E-state index >= 15 is 0 Å². The van der Waals surface area contributed by atoms with E-state index in [9.17, 15) is 4.79 Å². The summed E-state index contributed by atoms with van der Waals surface area (Å²) in [4.78, 5) is 16.6. The number of benzene rings is 1. The Morgan fingerprint density at radius 2 is 1.90 bits per heavy atom. The molecule has 3 N–H and O–H groups in total. The molecule has 2 heterocycles. The maximum Gasteiger partial charge on any atom is 0.237 e. The predicted molar refractivity (Wildman–Crippen MR) is 120 cm³/mol. The molecule has 1 unspecified atom stereocenters. The molecule has 1 aromatic carbocycles. The van der Waals surface area contributed by atoms with Gasteiger partial charge in [0.1, 0.15) is 0 Å². The number of nitrogens with zero attached hydrogens (tertiary/aromatic N) is 1. The van der Waals surface area contributed by atoms with Crippen LogP contribution in [0.25, 0.3) is 0 Å². The number of aromatic nitrogens is 1. The van der Waals surface area contributed by atoms with Gasteiger partial charge in [-0.05, 0) is 43.4 Å². The van der Waals surface area contributed by atoms with Gasteiger partial charge in [0, 0.05) is 32.0 Å². The Morgan fingerprint density at radius 3 is 2.53 bits per heavy atom. The van der Waals surface area contributed by atoms with Crippen LogP contribution in [0, 0.1) is 5.92 Å². The predicted octanol–water partition coefficient (Wildman–Crippen LogP) is 3.49. The van der Waals surface area contributed by atoms with Crippen LogP contribution in [-0.4, -0.2) is 36.8 Å². The lowest BCUT2D eigenvalue weighted by molar-refractivity contribution is -0.124. The van der Waals surface area contributed by atoms with Crippen molar-refractivity contribution >= 4 is 30.7 Å². The van der Waals surface area contributed by atoms with Gasteiger partial charge in [0.2, 0.25) is 11.8 Å². The van der Waals surface area contributed by atoms with Crippen LogP contribution in [0.15, 0.2) is 42.6 Å². The van der Waals surface area contributed by atoms with E-state index in [1.54, 1.807) is 12.3 Å². The van der Waals surface area contributed by atoms with Gasteiger partial charge in [-0.15, -0.1) is 24.8 Å². The summed E-state index contributed by atoms with van der Waals surface area (Å²) >= 11 is 0. The number of pyridine rings is 1. The second-order valence-corrected chi connectivity index (χ2v) is 6.68. The van der Waals surface area contributed by atoms with Crippen LogP contribution in [0.3, 0.4) is 0 Å². The van der Waals surface area contributed by atoms with Gasteiger partial charge in [-0.3, -0.25) is 4.79 Å². The van der Waals surface area contributed by atoms with Crippen LogP contribution in [0.5, 0.6) is 17.4 Å². The number of hydrogen-bond donors (Lipinski definition) is 2. The molecule has 9 heteroatoms. The summed E-state index contributed by atoms with van der Waals surface area (Å²) in [5, 5.41) is 2.89. The highest BCUT2D eigenvalue weighted by molar-refractivity contribution is 5.85. The lowest BCUT2D eigenvalue weighted by Gasteiger charge is -2.26. The molecule has 166 valence electrons. The normalized spacial score (nSPS) is 14.6. The Bertz CT molecular complexity index is 771.